The number of nitrogens with one attached hydrogen (secondary N) is 2. The standard InChI is InChI=1S/C26H25FN8O2/c1-13-20(11-29-34-13)30-26-32-23(31-25(28)33-26)17-3-2-4-21(18(17)12-36)35-8-7-15-9-16(14-5-6-14)10-19(27)22(15)24(35)37/h2-4,9-11,14,36H,5-8,12H2,1H3,(H,29,34)(H3,28,30,31,32,33). The number of rotatable bonds is 6. The van der Waals surface area contributed by atoms with Crippen LogP contribution in [0.25, 0.3) is 11.4 Å². The zero-order valence-corrected chi connectivity index (χ0v) is 20.1. The van der Waals surface area contributed by atoms with Crippen molar-refractivity contribution in [3.63, 3.8) is 0 Å². The van der Waals surface area contributed by atoms with Gasteiger partial charge in [0, 0.05) is 17.7 Å². The molecule has 1 amide bonds. The van der Waals surface area contributed by atoms with Crippen LogP contribution >= 0.6 is 0 Å². The first-order valence-electron chi connectivity index (χ1n) is 12.1. The number of nitrogens with two attached hydrogens (primary N) is 1. The maximum absolute atomic E-state index is 15.1. The van der Waals surface area contributed by atoms with Gasteiger partial charge in [0.05, 0.1) is 35.4 Å². The first-order chi connectivity index (χ1) is 17.9. The fourth-order valence-corrected chi connectivity index (χ4v) is 4.84. The second-order valence-electron chi connectivity index (χ2n) is 9.35. The van der Waals surface area contributed by atoms with Gasteiger partial charge in [0.25, 0.3) is 5.91 Å². The zero-order chi connectivity index (χ0) is 25.7. The molecule has 11 heteroatoms. The van der Waals surface area contributed by atoms with Gasteiger partial charge in [-0.3, -0.25) is 9.89 Å². The summed E-state index contributed by atoms with van der Waals surface area (Å²) in [5.41, 5.74) is 10.6. The molecule has 1 aliphatic carbocycles. The average Bonchev–Trinajstić information content (AvgIpc) is 3.66. The Morgan fingerprint density at radius 3 is 2.81 bits per heavy atom. The number of nitrogens with zero attached hydrogens (tertiary/aromatic N) is 5. The van der Waals surface area contributed by atoms with Crippen molar-refractivity contribution in [2.24, 2.45) is 0 Å². The van der Waals surface area contributed by atoms with Gasteiger partial charge >= 0.3 is 0 Å². The van der Waals surface area contributed by atoms with Crippen LogP contribution in [0.4, 0.5) is 27.7 Å². The van der Waals surface area contributed by atoms with Crippen LogP contribution in [0.3, 0.4) is 0 Å². The zero-order valence-electron chi connectivity index (χ0n) is 20.1. The second kappa shape index (κ2) is 8.93. The largest absolute Gasteiger partial charge is 0.392 e. The molecule has 1 fully saturated rings. The monoisotopic (exact) mass is 500 g/mol. The fourth-order valence-electron chi connectivity index (χ4n) is 4.84. The number of anilines is 4. The molecule has 10 nitrogen and oxygen atoms in total. The van der Waals surface area contributed by atoms with Crippen LogP contribution in [-0.2, 0) is 13.0 Å². The molecule has 0 bridgehead atoms. The molecule has 0 saturated heterocycles. The minimum Gasteiger partial charge on any atom is -0.392 e. The summed E-state index contributed by atoms with van der Waals surface area (Å²) in [6.45, 7) is 1.82. The molecule has 2 aromatic heterocycles. The highest BCUT2D eigenvalue weighted by atomic mass is 19.1. The van der Waals surface area contributed by atoms with Crippen molar-refractivity contribution in [1.82, 2.24) is 25.1 Å². The minimum absolute atomic E-state index is 0.0144. The van der Waals surface area contributed by atoms with Gasteiger partial charge in [0.15, 0.2) is 5.82 Å². The number of amides is 1. The Hall–Kier alpha value is -4.38. The van der Waals surface area contributed by atoms with Gasteiger partial charge in [-0.05, 0) is 55.4 Å². The van der Waals surface area contributed by atoms with E-state index in [0.717, 1.165) is 29.7 Å². The van der Waals surface area contributed by atoms with Crippen LogP contribution in [0.5, 0.6) is 0 Å². The summed E-state index contributed by atoms with van der Waals surface area (Å²) in [5, 5.41) is 20.2. The highest BCUT2D eigenvalue weighted by molar-refractivity contribution is 6.09. The number of carbonyl (C=O) groups is 1. The van der Waals surface area contributed by atoms with E-state index in [1.165, 1.54) is 11.0 Å². The van der Waals surface area contributed by atoms with Crippen molar-refractivity contribution in [3.05, 3.63) is 70.3 Å². The summed E-state index contributed by atoms with van der Waals surface area (Å²) in [7, 11) is 0. The number of aromatic nitrogens is 5. The summed E-state index contributed by atoms with van der Waals surface area (Å²) in [4.78, 5) is 27.9. The molecular formula is C26H25FN8O2. The third-order valence-electron chi connectivity index (χ3n) is 6.88. The number of hydrogen-bond acceptors (Lipinski definition) is 8. The van der Waals surface area contributed by atoms with Crippen molar-refractivity contribution >= 4 is 29.2 Å². The van der Waals surface area contributed by atoms with Crippen molar-refractivity contribution in [1.29, 1.82) is 0 Å². The molecule has 0 radical (unpaired) electrons. The van der Waals surface area contributed by atoms with Gasteiger partial charge in [0.1, 0.15) is 5.82 Å². The quantitative estimate of drug-likeness (QED) is 0.314. The van der Waals surface area contributed by atoms with Gasteiger partial charge in [0.2, 0.25) is 11.9 Å². The Bertz CT molecular complexity index is 1530. The maximum atomic E-state index is 15.1. The average molecular weight is 501 g/mol. The Labute approximate surface area is 211 Å². The van der Waals surface area contributed by atoms with E-state index in [-0.39, 0.29) is 29.9 Å². The van der Waals surface area contributed by atoms with Crippen LogP contribution < -0.4 is 16.0 Å². The molecule has 5 N–H and O–H groups in total. The number of aryl methyl sites for hydroxylation is 1. The predicted molar refractivity (Wildman–Crippen MR) is 136 cm³/mol. The molecule has 37 heavy (non-hydrogen) atoms. The number of benzene rings is 2. The Balaban J connectivity index is 1.37. The van der Waals surface area contributed by atoms with Gasteiger partial charge in [-0.15, -0.1) is 0 Å². The number of aromatic amines is 1. The number of carbonyl (C=O) groups excluding carboxylic acids is 1. The van der Waals surface area contributed by atoms with E-state index in [0.29, 0.717) is 41.4 Å². The smallest absolute Gasteiger partial charge is 0.261 e. The van der Waals surface area contributed by atoms with E-state index in [9.17, 15) is 9.90 Å². The fraction of sp³-hybridized carbons (Fsp3) is 0.269. The first-order valence-corrected chi connectivity index (χ1v) is 12.1. The summed E-state index contributed by atoms with van der Waals surface area (Å²) >= 11 is 0. The summed E-state index contributed by atoms with van der Waals surface area (Å²) in [6, 6.07) is 8.67. The van der Waals surface area contributed by atoms with Crippen LogP contribution in [0, 0.1) is 12.7 Å². The Morgan fingerprint density at radius 2 is 2.08 bits per heavy atom. The van der Waals surface area contributed by atoms with Gasteiger partial charge in [-0.25, -0.2) is 4.39 Å². The Morgan fingerprint density at radius 1 is 1.24 bits per heavy atom. The molecule has 2 aromatic carbocycles. The molecule has 6 rings (SSSR count). The lowest BCUT2D eigenvalue weighted by Crippen LogP contribution is -2.39. The lowest BCUT2D eigenvalue weighted by molar-refractivity contribution is 0.0976. The summed E-state index contributed by atoms with van der Waals surface area (Å²) < 4.78 is 15.1. The molecule has 2 aliphatic rings. The molecule has 188 valence electrons. The highest BCUT2D eigenvalue weighted by Crippen LogP contribution is 2.42. The van der Waals surface area contributed by atoms with Crippen molar-refractivity contribution in [2.75, 3.05) is 22.5 Å². The third kappa shape index (κ3) is 4.16. The minimum atomic E-state index is -0.494. The number of nitrogen functional groups attached to an aromatic ring is 1. The molecule has 0 spiro atoms. The Kier molecular flexibility index (Phi) is 5.56. The molecule has 1 saturated carbocycles. The van der Waals surface area contributed by atoms with Crippen molar-refractivity contribution in [3.8, 4) is 11.4 Å². The number of hydrogen-bond donors (Lipinski definition) is 4. The summed E-state index contributed by atoms with van der Waals surface area (Å²) in [5.74, 6) is -0.105. The summed E-state index contributed by atoms with van der Waals surface area (Å²) in [6.07, 6.45) is 4.24. The van der Waals surface area contributed by atoms with E-state index in [1.807, 2.05) is 13.0 Å². The topological polar surface area (TPSA) is 146 Å². The molecular weight excluding hydrogens is 475 g/mol. The van der Waals surface area contributed by atoms with E-state index in [1.54, 1.807) is 24.4 Å². The number of H-pyrrole nitrogens is 1. The molecule has 0 unspecified atom stereocenters. The van der Waals surface area contributed by atoms with E-state index in [2.05, 4.69) is 30.5 Å². The molecule has 0 atom stereocenters. The van der Waals surface area contributed by atoms with Crippen LogP contribution in [0.1, 0.15) is 51.5 Å². The molecule has 3 heterocycles. The van der Waals surface area contributed by atoms with E-state index >= 15 is 4.39 Å². The first kappa shape index (κ1) is 23.0. The van der Waals surface area contributed by atoms with Crippen LogP contribution in [0.15, 0.2) is 36.5 Å². The third-order valence-corrected chi connectivity index (χ3v) is 6.88. The lowest BCUT2D eigenvalue weighted by Gasteiger charge is -2.31. The van der Waals surface area contributed by atoms with E-state index < -0.39 is 11.7 Å². The number of halogens is 1. The van der Waals surface area contributed by atoms with Gasteiger partial charge in [-0.1, -0.05) is 18.2 Å². The van der Waals surface area contributed by atoms with Gasteiger partial charge in [-0.2, -0.15) is 20.1 Å². The second-order valence-corrected chi connectivity index (χ2v) is 9.35. The van der Waals surface area contributed by atoms with Gasteiger partial charge < -0.3 is 21.1 Å². The highest BCUT2D eigenvalue weighted by Gasteiger charge is 2.33. The van der Waals surface area contributed by atoms with Crippen molar-refractivity contribution < 1.29 is 14.3 Å². The normalized spacial score (nSPS) is 15.1. The predicted octanol–water partition coefficient (Wildman–Crippen LogP) is 3.61. The lowest BCUT2D eigenvalue weighted by atomic mass is 9.93. The molecule has 4 aromatic rings. The number of aliphatic hydroxyl groups is 1. The van der Waals surface area contributed by atoms with Crippen LogP contribution in [-0.4, -0.2) is 42.7 Å². The number of aliphatic hydroxyl groups excluding tert-OH is 1. The van der Waals surface area contributed by atoms with Crippen molar-refractivity contribution in [2.45, 2.75) is 38.7 Å². The number of fused-ring (bicyclic) bond motifs is 1. The SMILES string of the molecule is Cc1[nH]ncc1Nc1nc(N)nc(-c2cccc(N3CCc4cc(C5CC5)cc(F)c4C3=O)c2CO)n1. The maximum Gasteiger partial charge on any atom is 0.261 e. The van der Waals surface area contributed by atoms with E-state index in [4.69, 9.17) is 5.73 Å². The molecule has 1 aliphatic heterocycles. The van der Waals surface area contributed by atoms with Crippen LogP contribution in [0.2, 0.25) is 0 Å².